The fourth-order valence-corrected chi connectivity index (χ4v) is 3.08. The Bertz CT molecular complexity index is 939. The molecule has 4 aromatic rings. The van der Waals surface area contributed by atoms with Gasteiger partial charge in [0.15, 0.2) is 0 Å². The van der Waals surface area contributed by atoms with Crippen molar-refractivity contribution in [1.29, 1.82) is 0 Å². The number of aromatic nitrogens is 2. The van der Waals surface area contributed by atoms with Crippen molar-refractivity contribution >= 4 is 0 Å². The Morgan fingerprint density at radius 3 is 1.71 bits per heavy atom. The van der Waals surface area contributed by atoms with E-state index in [1.807, 2.05) is 18.2 Å². The minimum Gasteiger partial charge on any atom is -0.296 e. The fraction of sp³-hybridized carbons (Fsp3) is 0.0455. The molecular weight excluding hydrogens is 292 g/mol. The van der Waals surface area contributed by atoms with Crippen molar-refractivity contribution in [3.05, 3.63) is 96.8 Å². The van der Waals surface area contributed by atoms with Crippen LogP contribution in [-0.4, -0.2) is 9.55 Å². The molecule has 0 unspecified atom stereocenters. The van der Waals surface area contributed by atoms with Crippen molar-refractivity contribution in [2.45, 2.75) is 6.92 Å². The van der Waals surface area contributed by atoms with Gasteiger partial charge in [0, 0.05) is 16.8 Å². The van der Waals surface area contributed by atoms with Crippen LogP contribution >= 0.6 is 0 Å². The maximum atomic E-state index is 4.90. The topological polar surface area (TPSA) is 17.8 Å². The lowest BCUT2D eigenvalue weighted by Gasteiger charge is -2.12. The Morgan fingerprint density at radius 2 is 1.12 bits per heavy atom. The lowest BCUT2D eigenvalue weighted by molar-refractivity contribution is 0.980. The number of rotatable bonds is 3. The van der Waals surface area contributed by atoms with Gasteiger partial charge in [-0.05, 0) is 19.1 Å². The zero-order valence-corrected chi connectivity index (χ0v) is 13.6. The van der Waals surface area contributed by atoms with Gasteiger partial charge in [0.05, 0.1) is 11.4 Å². The van der Waals surface area contributed by atoms with E-state index in [9.17, 15) is 0 Å². The lowest BCUT2D eigenvalue weighted by atomic mass is 10.0. The van der Waals surface area contributed by atoms with Gasteiger partial charge in [-0.3, -0.25) is 4.57 Å². The van der Waals surface area contributed by atoms with Crippen LogP contribution in [0.2, 0.25) is 0 Å². The van der Waals surface area contributed by atoms with Gasteiger partial charge in [0.2, 0.25) is 0 Å². The molecule has 2 nitrogen and oxygen atoms in total. The molecule has 0 saturated heterocycles. The van der Waals surface area contributed by atoms with E-state index >= 15 is 0 Å². The quantitative estimate of drug-likeness (QED) is 0.487. The van der Waals surface area contributed by atoms with Crippen LogP contribution in [-0.2, 0) is 0 Å². The summed E-state index contributed by atoms with van der Waals surface area (Å²) >= 11 is 0. The minimum absolute atomic E-state index is 0.985. The van der Waals surface area contributed by atoms with Gasteiger partial charge >= 0.3 is 0 Å². The predicted octanol–water partition coefficient (Wildman–Crippen LogP) is 5.51. The van der Waals surface area contributed by atoms with Gasteiger partial charge in [-0.1, -0.05) is 78.9 Å². The largest absolute Gasteiger partial charge is 0.296 e. The van der Waals surface area contributed by atoms with Crippen LogP contribution in [0.15, 0.2) is 91.0 Å². The average Bonchev–Trinajstić information content (AvgIpc) is 3.01. The van der Waals surface area contributed by atoms with Crippen molar-refractivity contribution in [2.24, 2.45) is 0 Å². The summed E-state index contributed by atoms with van der Waals surface area (Å²) in [5.41, 5.74) is 5.58. The molecule has 0 N–H and O–H groups in total. The van der Waals surface area contributed by atoms with Crippen molar-refractivity contribution in [1.82, 2.24) is 9.55 Å². The Morgan fingerprint density at radius 1 is 0.625 bits per heavy atom. The monoisotopic (exact) mass is 310 g/mol. The number of hydrogen-bond acceptors (Lipinski definition) is 1. The SMILES string of the molecule is Cc1nc(-c2ccccc2)c(-c2ccccc2)n1-c1ccccc1. The van der Waals surface area contributed by atoms with Gasteiger partial charge in [-0.15, -0.1) is 0 Å². The molecule has 4 rings (SSSR count). The highest BCUT2D eigenvalue weighted by atomic mass is 15.1. The van der Waals surface area contributed by atoms with Crippen molar-refractivity contribution in [3.8, 4) is 28.2 Å². The fourth-order valence-electron chi connectivity index (χ4n) is 3.08. The summed E-state index contributed by atoms with van der Waals surface area (Å²) in [5, 5.41) is 0. The van der Waals surface area contributed by atoms with Gasteiger partial charge in [-0.25, -0.2) is 4.98 Å². The first-order chi connectivity index (χ1) is 11.8. The summed E-state index contributed by atoms with van der Waals surface area (Å²) in [6, 6.07) is 31.2. The van der Waals surface area contributed by atoms with E-state index in [0.29, 0.717) is 0 Å². The molecule has 0 fully saturated rings. The molecule has 2 heteroatoms. The van der Waals surface area contributed by atoms with Crippen LogP contribution < -0.4 is 0 Å². The molecule has 116 valence electrons. The third-order valence-corrected chi connectivity index (χ3v) is 4.15. The van der Waals surface area contributed by atoms with Crippen molar-refractivity contribution < 1.29 is 0 Å². The summed E-state index contributed by atoms with van der Waals surface area (Å²) in [4.78, 5) is 4.90. The first kappa shape index (κ1) is 14.5. The molecule has 24 heavy (non-hydrogen) atoms. The molecule has 0 aliphatic carbocycles. The van der Waals surface area contributed by atoms with Gasteiger partial charge < -0.3 is 0 Å². The Balaban J connectivity index is 2.03. The maximum absolute atomic E-state index is 4.90. The van der Waals surface area contributed by atoms with E-state index in [1.165, 1.54) is 5.56 Å². The summed E-state index contributed by atoms with van der Waals surface area (Å²) in [6.07, 6.45) is 0. The second kappa shape index (κ2) is 6.17. The molecule has 1 heterocycles. The van der Waals surface area contributed by atoms with E-state index in [0.717, 1.165) is 28.5 Å². The number of hydrogen-bond donors (Lipinski definition) is 0. The standard InChI is InChI=1S/C22H18N2/c1-17-23-21(18-11-5-2-6-12-18)22(19-13-7-3-8-14-19)24(17)20-15-9-4-10-16-20/h2-16H,1H3. The van der Waals surface area contributed by atoms with Crippen LogP contribution in [0.4, 0.5) is 0 Å². The smallest absolute Gasteiger partial charge is 0.111 e. The first-order valence-corrected chi connectivity index (χ1v) is 8.10. The average molecular weight is 310 g/mol. The van der Waals surface area contributed by atoms with Crippen molar-refractivity contribution in [3.63, 3.8) is 0 Å². The maximum Gasteiger partial charge on any atom is 0.111 e. The Hall–Kier alpha value is -3.13. The van der Waals surface area contributed by atoms with Gasteiger partial charge in [-0.2, -0.15) is 0 Å². The molecule has 0 aliphatic rings. The van der Waals surface area contributed by atoms with E-state index in [-0.39, 0.29) is 0 Å². The van der Waals surface area contributed by atoms with E-state index in [1.54, 1.807) is 0 Å². The highest BCUT2D eigenvalue weighted by molar-refractivity contribution is 5.80. The summed E-state index contributed by atoms with van der Waals surface area (Å²) < 4.78 is 2.23. The van der Waals surface area contributed by atoms with Crippen LogP contribution in [0, 0.1) is 6.92 Å². The number of nitrogens with zero attached hydrogens (tertiary/aromatic N) is 2. The predicted molar refractivity (Wildman–Crippen MR) is 99.2 cm³/mol. The van der Waals surface area contributed by atoms with E-state index in [4.69, 9.17) is 4.98 Å². The second-order valence-electron chi connectivity index (χ2n) is 5.76. The molecule has 0 aliphatic heterocycles. The zero-order valence-electron chi connectivity index (χ0n) is 13.6. The first-order valence-electron chi connectivity index (χ1n) is 8.10. The van der Waals surface area contributed by atoms with Crippen LogP contribution in [0.5, 0.6) is 0 Å². The number of imidazole rings is 1. The molecule has 0 bridgehead atoms. The van der Waals surface area contributed by atoms with Crippen molar-refractivity contribution in [2.75, 3.05) is 0 Å². The molecular formula is C22H18N2. The van der Waals surface area contributed by atoms with Crippen LogP contribution in [0.1, 0.15) is 5.82 Å². The third kappa shape index (κ3) is 2.52. The molecule has 0 amide bonds. The Kier molecular flexibility index (Phi) is 3.72. The molecule has 3 aromatic carbocycles. The summed E-state index contributed by atoms with van der Waals surface area (Å²) in [6.45, 7) is 2.06. The van der Waals surface area contributed by atoms with Crippen LogP contribution in [0.3, 0.4) is 0 Å². The number of para-hydroxylation sites is 1. The molecule has 0 radical (unpaired) electrons. The third-order valence-electron chi connectivity index (χ3n) is 4.15. The van der Waals surface area contributed by atoms with Crippen LogP contribution in [0.25, 0.3) is 28.2 Å². The molecule has 0 atom stereocenters. The summed E-state index contributed by atoms with van der Waals surface area (Å²) in [7, 11) is 0. The molecule has 0 saturated carbocycles. The zero-order chi connectivity index (χ0) is 16.4. The lowest BCUT2D eigenvalue weighted by Crippen LogP contribution is -1.99. The normalized spacial score (nSPS) is 10.7. The molecule has 0 spiro atoms. The molecule has 1 aromatic heterocycles. The highest BCUT2D eigenvalue weighted by Gasteiger charge is 2.18. The minimum atomic E-state index is 0.985. The van der Waals surface area contributed by atoms with E-state index < -0.39 is 0 Å². The summed E-state index contributed by atoms with van der Waals surface area (Å²) in [5.74, 6) is 0.985. The van der Waals surface area contributed by atoms with E-state index in [2.05, 4.69) is 84.3 Å². The van der Waals surface area contributed by atoms with Gasteiger partial charge in [0.1, 0.15) is 5.82 Å². The Labute approximate surface area is 142 Å². The van der Waals surface area contributed by atoms with Gasteiger partial charge in [0.25, 0.3) is 0 Å². The number of benzene rings is 3. The second-order valence-corrected chi connectivity index (χ2v) is 5.76. The number of aryl methyl sites for hydroxylation is 1. The highest BCUT2D eigenvalue weighted by Crippen LogP contribution is 2.34.